The van der Waals surface area contributed by atoms with Crippen molar-refractivity contribution in [1.29, 1.82) is 0 Å². The Morgan fingerprint density at radius 3 is 2.78 bits per heavy atom. The number of rotatable bonds is 3. The molecular weight excluding hydrogens is 294 g/mol. The van der Waals surface area contributed by atoms with Crippen LogP contribution < -0.4 is 4.90 Å². The van der Waals surface area contributed by atoms with Crippen LogP contribution in [0, 0.1) is 5.92 Å². The first-order valence-electron chi connectivity index (χ1n) is 6.39. The largest absolute Gasteiger partial charge is 0.394 e. The van der Waals surface area contributed by atoms with Crippen molar-refractivity contribution >= 4 is 21.6 Å². The molecule has 1 aliphatic heterocycles. The lowest BCUT2D eigenvalue weighted by Crippen LogP contribution is -2.35. The Kier molecular flexibility index (Phi) is 4.30. The number of nitrogens with zero attached hydrogens (tertiary/aromatic N) is 1. The number of benzene rings is 1. The molecule has 1 aromatic rings. The van der Waals surface area contributed by atoms with Crippen molar-refractivity contribution in [1.82, 2.24) is 0 Å². The maximum atomic E-state index is 9.62. The fourth-order valence-electron chi connectivity index (χ4n) is 2.64. The van der Waals surface area contributed by atoms with E-state index >= 15 is 0 Å². The highest BCUT2D eigenvalue weighted by Crippen LogP contribution is 2.33. The molecule has 1 aromatic carbocycles. The van der Waals surface area contributed by atoms with Gasteiger partial charge in [-0.25, -0.2) is 0 Å². The normalized spacial score (nSPS) is 25.5. The van der Waals surface area contributed by atoms with Crippen LogP contribution in [0.4, 0.5) is 5.69 Å². The molecule has 0 bridgehead atoms. The van der Waals surface area contributed by atoms with Crippen molar-refractivity contribution in [2.75, 3.05) is 18.1 Å². The van der Waals surface area contributed by atoms with Crippen molar-refractivity contribution < 1.29 is 10.2 Å². The zero-order valence-corrected chi connectivity index (χ0v) is 12.4. The van der Waals surface area contributed by atoms with Gasteiger partial charge >= 0.3 is 0 Å². The lowest BCUT2D eigenvalue weighted by molar-refractivity contribution is 0.198. The highest BCUT2D eigenvalue weighted by atomic mass is 79.9. The Morgan fingerprint density at radius 2 is 2.22 bits per heavy atom. The predicted molar refractivity (Wildman–Crippen MR) is 76.8 cm³/mol. The molecule has 0 amide bonds. The molecule has 3 nitrogen and oxygen atoms in total. The highest BCUT2D eigenvalue weighted by molar-refractivity contribution is 9.10. The van der Waals surface area contributed by atoms with E-state index < -0.39 is 6.10 Å². The van der Waals surface area contributed by atoms with Crippen molar-refractivity contribution in [3.63, 3.8) is 0 Å². The zero-order chi connectivity index (χ0) is 13.3. The molecule has 18 heavy (non-hydrogen) atoms. The van der Waals surface area contributed by atoms with Gasteiger partial charge in [0.15, 0.2) is 0 Å². The molecule has 1 fully saturated rings. The monoisotopic (exact) mass is 313 g/mol. The number of aliphatic hydroxyl groups excluding tert-OH is 2. The standard InChI is InChI=1S/C14H20BrNO2/c1-9-5-6-16(14(9)8-17)11-3-4-12(10(2)18)13(15)7-11/h3-4,7,9-10,14,17-18H,5-6,8H2,1-2H3/t9?,10-,14?/m0/s1. The molecule has 0 aromatic heterocycles. The van der Waals surface area contributed by atoms with Crippen molar-refractivity contribution in [3.8, 4) is 0 Å². The first-order chi connectivity index (χ1) is 8.54. The van der Waals surface area contributed by atoms with E-state index in [1.807, 2.05) is 18.2 Å². The third-order valence-electron chi connectivity index (χ3n) is 3.84. The summed E-state index contributed by atoms with van der Waals surface area (Å²) in [6, 6.07) is 6.20. The second-order valence-corrected chi connectivity index (χ2v) is 5.95. The minimum atomic E-state index is -0.473. The Balaban J connectivity index is 2.27. The van der Waals surface area contributed by atoms with Crippen molar-refractivity contribution in [2.24, 2.45) is 5.92 Å². The van der Waals surface area contributed by atoms with Crippen LogP contribution in [0.15, 0.2) is 22.7 Å². The van der Waals surface area contributed by atoms with E-state index in [2.05, 4.69) is 27.8 Å². The Hall–Kier alpha value is -0.580. The van der Waals surface area contributed by atoms with Crippen LogP contribution in [0.2, 0.25) is 0 Å². The Labute approximate surface area is 117 Å². The molecule has 0 spiro atoms. The average molecular weight is 314 g/mol. The number of anilines is 1. The van der Waals surface area contributed by atoms with Crippen LogP contribution in [0.25, 0.3) is 0 Å². The third-order valence-corrected chi connectivity index (χ3v) is 4.52. The molecule has 100 valence electrons. The van der Waals surface area contributed by atoms with Gasteiger partial charge in [0.1, 0.15) is 0 Å². The zero-order valence-electron chi connectivity index (χ0n) is 10.8. The maximum Gasteiger partial charge on any atom is 0.0772 e. The molecule has 3 atom stereocenters. The van der Waals surface area contributed by atoms with Crippen LogP contribution >= 0.6 is 15.9 Å². The average Bonchev–Trinajstić information content (AvgIpc) is 2.69. The van der Waals surface area contributed by atoms with Gasteiger partial charge in [0.05, 0.1) is 18.8 Å². The van der Waals surface area contributed by atoms with Gasteiger partial charge in [-0.15, -0.1) is 0 Å². The third kappa shape index (κ3) is 2.56. The predicted octanol–water partition coefficient (Wildman–Crippen LogP) is 2.71. The van der Waals surface area contributed by atoms with Crippen LogP contribution in [0.5, 0.6) is 0 Å². The van der Waals surface area contributed by atoms with Crippen LogP contribution in [-0.4, -0.2) is 29.4 Å². The van der Waals surface area contributed by atoms with Crippen LogP contribution in [0.1, 0.15) is 31.9 Å². The van der Waals surface area contributed by atoms with Gasteiger partial charge in [-0.2, -0.15) is 0 Å². The summed E-state index contributed by atoms with van der Waals surface area (Å²) < 4.78 is 0.922. The maximum absolute atomic E-state index is 9.62. The SMILES string of the molecule is CC1CCN(c2ccc([C@H](C)O)c(Br)c2)C1CO. The fraction of sp³-hybridized carbons (Fsp3) is 0.571. The number of aliphatic hydroxyl groups is 2. The van der Waals surface area contributed by atoms with E-state index in [0.717, 1.165) is 28.7 Å². The van der Waals surface area contributed by atoms with Gasteiger partial charge in [-0.1, -0.05) is 28.9 Å². The van der Waals surface area contributed by atoms with Gasteiger partial charge in [-0.05, 0) is 37.0 Å². The van der Waals surface area contributed by atoms with Gasteiger partial charge in [0.25, 0.3) is 0 Å². The highest BCUT2D eigenvalue weighted by Gasteiger charge is 2.30. The molecule has 0 radical (unpaired) electrons. The quantitative estimate of drug-likeness (QED) is 0.901. The lowest BCUT2D eigenvalue weighted by atomic mass is 10.0. The first kappa shape index (κ1) is 13.8. The molecule has 4 heteroatoms. The molecule has 1 aliphatic rings. The number of hydrogen-bond donors (Lipinski definition) is 2. The van der Waals surface area contributed by atoms with E-state index in [4.69, 9.17) is 0 Å². The molecule has 2 rings (SSSR count). The molecule has 0 saturated carbocycles. The molecule has 2 unspecified atom stereocenters. The summed E-state index contributed by atoms with van der Waals surface area (Å²) >= 11 is 3.50. The summed E-state index contributed by atoms with van der Waals surface area (Å²) in [6.45, 7) is 5.11. The minimum Gasteiger partial charge on any atom is -0.394 e. The lowest BCUT2D eigenvalue weighted by Gasteiger charge is -2.28. The van der Waals surface area contributed by atoms with Crippen molar-refractivity contribution in [2.45, 2.75) is 32.4 Å². The van der Waals surface area contributed by atoms with E-state index in [1.165, 1.54) is 0 Å². The van der Waals surface area contributed by atoms with Gasteiger partial charge in [0, 0.05) is 16.7 Å². The summed E-state index contributed by atoms with van der Waals surface area (Å²) in [5, 5.41) is 19.1. The summed E-state index contributed by atoms with van der Waals surface area (Å²) in [6.07, 6.45) is 0.639. The first-order valence-corrected chi connectivity index (χ1v) is 7.19. The molecule has 0 aliphatic carbocycles. The molecule has 2 N–H and O–H groups in total. The van der Waals surface area contributed by atoms with Crippen molar-refractivity contribution in [3.05, 3.63) is 28.2 Å². The molecule has 1 heterocycles. The van der Waals surface area contributed by atoms with E-state index in [9.17, 15) is 10.2 Å². The topological polar surface area (TPSA) is 43.7 Å². The summed E-state index contributed by atoms with van der Waals surface area (Å²) in [5.41, 5.74) is 2.00. The number of halogens is 1. The van der Waals surface area contributed by atoms with E-state index in [-0.39, 0.29) is 12.6 Å². The van der Waals surface area contributed by atoms with E-state index in [0.29, 0.717) is 5.92 Å². The fourth-order valence-corrected chi connectivity index (χ4v) is 3.34. The van der Waals surface area contributed by atoms with E-state index in [1.54, 1.807) is 6.92 Å². The molecule has 1 saturated heterocycles. The van der Waals surface area contributed by atoms with Gasteiger partial charge < -0.3 is 15.1 Å². The van der Waals surface area contributed by atoms with Crippen LogP contribution in [0.3, 0.4) is 0 Å². The minimum absolute atomic E-state index is 0.191. The summed E-state index contributed by atoms with van der Waals surface area (Å²) in [5.74, 6) is 0.519. The van der Waals surface area contributed by atoms with Gasteiger partial charge in [0.2, 0.25) is 0 Å². The van der Waals surface area contributed by atoms with Gasteiger partial charge in [-0.3, -0.25) is 0 Å². The second-order valence-electron chi connectivity index (χ2n) is 5.09. The van der Waals surface area contributed by atoms with Crippen LogP contribution in [-0.2, 0) is 0 Å². The molecular formula is C14H20BrNO2. The summed E-state index contributed by atoms with van der Waals surface area (Å²) in [4.78, 5) is 2.25. The number of hydrogen-bond acceptors (Lipinski definition) is 3. The Morgan fingerprint density at radius 1 is 1.50 bits per heavy atom. The summed E-state index contributed by atoms with van der Waals surface area (Å²) in [7, 11) is 0. The smallest absolute Gasteiger partial charge is 0.0772 e. The Bertz CT molecular complexity index is 422. The second kappa shape index (κ2) is 5.59.